The molecular weight excluding hydrogens is 266 g/mol. The lowest BCUT2D eigenvalue weighted by Gasteiger charge is -2.25. The summed E-state index contributed by atoms with van der Waals surface area (Å²) in [6, 6.07) is 29.9. The normalized spacial score (nSPS) is 13.5. The van der Waals surface area contributed by atoms with Gasteiger partial charge in [-0.1, -0.05) is 78.9 Å². The summed E-state index contributed by atoms with van der Waals surface area (Å²) < 4.78 is 0. The topological polar surface area (TPSA) is 12.0 Å². The van der Waals surface area contributed by atoms with Gasteiger partial charge < -0.3 is 5.32 Å². The number of hydrogen-bond donors (Lipinski definition) is 1. The van der Waals surface area contributed by atoms with Gasteiger partial charge in [-0.2, -0.15) is 0 Å². The standard InChI is InChI=1S/C21H17N/c1-3-9-16(10-4-1)19-15-22-20-14-8-7-13-18(20)21(19)17-11-5-2-6-12-17/h1-14,22H,15H2. The van der Waals surface area contributed by atoms with Crippen molar-refractivity contribution in [1.82, 2.24) is 0 Å². The Hall–Kier alpha value is -2.80. The number of para-hydroxylation sites is 1. The van der Waals surface area contributed by atoms with E-state index in [2.05, 4.69) is 90.2 Å². The predicted octanol–water partition coefficient (Wildman–Crippen LogP) is 5.07. The second kappa shape index (κ2) is 5.53. The third kappa shape index (κ3) is 2.21. The molecule has 1 nitrogen and oxygen atoms in total. The minimum atomic E-state index is 0.852. The van der Waals surface area contributed by atoms with E-state index in [-0.39, 0.29) is 0 Å². The molecule has 0 unspecified atom stereocenters. The molecule has 1 aliphatic rings. The number of benzene rings is 3. The zero-order chi connectivity index (χ0) is 14.8. The Morgan fingerprint density at radius 2 is 1.18 bits per heavy atom. The average molecular weight is 283 g/mol. The largest absolute Gasteiger partial charge is 0.380 e. The highest BCUT2D eigenvalue weighted by Gasteiger charge is 2.20. The van der Waals surface area contributed by atoms with Gasteiger partial charge in [-0.15, -0.1) is 0 Å². The van der Waals surface area contributed by atoms with Gasteiger partial charge >= 0.3 is 0 Å². The summed E-state index contributed by atoms with van der Waals surface area (Å²) in [5, 5.41) is 3.55. The Bertz CT molecular complexity index is 817. The zero-order valence-electron chi connectivity index (χ0n) is 12.3. The van der Waals surface area contributed by atoms with E-state index in [1.165, 1.54) is 33.5 Å². The van der Waals surface area contributed by atoms with Crippen molar-refractivity contribution in [2.75, 3.05) is 11.9 Å². The third-order valence-corrected chi connectivity index (χ3v) is 4.14. The number of hydrogen-bond acceptors (Lipinski definition) is 1. The molecule has 22 heavy (non-hydrogen) atoms. The summed E-state index contributed by atoms with van der Waals surface area (Å²) in [5.41, 5.74) is 7.73. The zero-order valence-corrected chi connectivity index (χ0v) is 12.3. The molecule has 1 aliphatic heterocycles. The molecule has 0 aliphatic carbocycles. The Kier molecular flexibility index (Phi) is 3.24. The van der Waals surface area contributed by atoms with E-state index in [0.29, 0.717) is 0 Å². The fourth-order valence-electron chi connectivity index (χ4n) is 3.11. The predicted molar refractivity (Wildman–Crippen MR) is 93.7 cm³/mol. The van der Waals surface area contributed by atoms with Crippen LogP contribution in [0.4, 0.5) is 5.69 Å². The minimum Gasteiger partial charge on any atom is -0.380 e. The summed E-state index contributed by atoms with van der Waals surface area (Å²) >= 11 is 0. The van der Waals surface area contributed by atoms with Crippen LogP contribution in [0.5, 0.6) is 0 Å². The molecule has 0 bridgehead atoms. The van der Waals surface area contributed by atoms with Crippen molar-refractivity contribution in [2.24, 2.45) is 0 Å². The quantitative estimate of drug-likeness (QED) is 0.692. The van der Waals surface area contributed by atoms with Gasteiger partial charge in [0.05, 0.1) is 0 Å². The SMILES string of the molecule is c1ccc(C2=C(c3ccccc3)c3ccccc3NC2)cc1. The maximum absolute atomic E-state index is 3.55. The van der Waals surface area contributed by atoms with Crippen molar-refractivity contribution < 1.29 is 0 Å². The first-order valence-corrected chi connectivity index (χ1v) is 7.61. The summed E-state index contributed by atoms with van der Waals surface area (Å²) in [7, 11) is 0. The van der Waals surface area contributed by atoms with E-state index in [4.69, 9.17) is 0 Å². The Morgan fingerprint density at radius 1 is 0.591 bits per heavy atom. The maximum atomic E-state index is 3.55. The van der Waals surface area contributed by atoms with Gasteiger partial charge in [-0.3, -0.25) is 0 Å². The Morgan fingerprint density at radius 3 is 1.91 bits per heavy atom. The molecule has 0 fully saturated rings. The van der Waals surface area contributed by atoms with E-state index in [0.717, 1.165) is 6.54 Å². The van der Waals surface area contributed by atoms with Crippen LogP contribution >= 0.6 is 0 Å². The van der Waals surface area contributed by atoms with E-state index >= 15 is 0 Å². The van der Waals surface area contributed by atoms with E-state index in [1.54, 1.807) is 0 Å². The molecule has 0 amide bonds. The second-order valence-electron chi connectivity index (χ2n) is 5.48. The van der Waals surface area contributed by atoms with Gasteiger partial charge in [0, 0.05) is 17.8 Å². The van der Waals surface area contributed by atoms with Gasteiger partial charge in [-0.05, 0) is 28.3 Å². The number of nitrogens with one attached hydrogen (secondary N) is 1. The number of fused-ring (bicyclic) bond motifs is 1. The molecule has 106 valence electrons. The lowest BCUT2D eigenvalue weighted by atomic mass is 9.86. The Labute approximate surface area is 130 Å². The van der Waals surface area contributed by atoms with Crippen molar-refractivity contribution in [3.63, 3.8) is 0 Å². The molecule has 0 atom stereocenters. The average Bonchev–Trinajstić information content (AvgIpc) is 2.62. The van der Waals surface area contributed by atoms with Crippen molar-refractivity contribution in [1.29, 1.82) is 0 Å². The fraction of sp³-hybridized carbons (Fsp3) is 0.0476. The highest BCUT2D eigenvalue weighted by atomic mass is 14.9. The summed E-state index contributed by atoms with van der Waals surface area (Å²) in [5.74, 6) is 0. The summed E-state index contributed by atoms with van der Waals surface area (Å²) in [4.78, 5) is 0. The molecule has 0 radical (unpaired) electrons. The van der Waals surface area contributed by atoms with Crippen LogP contribution in [0, 0.1) is 0 Å². The van der Waals surface area contributed by atoms with Crippen LogP contribution in [-0.2, 0) is 0 Å². The lowest BCUT2D eigenvalue weighted by molar-refractivity contribution is 1.29. The first kappa shape index (κ1) is 12.9. The van der Waals surface area contributed by atoms with Crippen LogP contribution in [0.2, 0.25) is 0 Å². The molecule has 0 saturated carbocycles. The molecule has 3 aromatic carbocycles. The molecule has 1 heteroatoms. The van der Waals surface area contributed by atoms with E-state index in [1.807, 2.05) is 0 Å². The van der Waals surface area contributed by atoms with Crippen LogP contribution in [0.3, 0.4) is 0 Å². The third-order valence-electron chi connectivity index (χ3n) is 4.14. The van der Waals surface area contributed by atoms with Gasteiger partial charge in [-0.25, -0.2) is 0 Å². The molecule has 0 saturated heterocycles. The minimum absolute atomic E-state index is 0.852. The van der Waals surface area contributed by atoms with Crippen LogP contribution in [0.25, 0.3) is 11.1 Å². The fourth-order valence-corrected chi connectivity index (χ4v) is 3.11. The highest BCUT2D eigenvalue weighted by molar-refractivity contribution is 6.04. The molecule has 0 aromatic heterocycles. The summed E-state index contributed by atoms with van der Waals surface area (Å²) in [6.45, 7) is 0.852. The monoisotopic (exact) mass is 283 g/mol. The molecule has 4 rings (SSSR count). The molecule has 1 N–H and O–H groups in total. The Balaban J connectivity index is 2.00. The van der Waals surface area contributed by atoms with Gasteiger partial charge in [0.2, 0.25) is 0 Å². The molecule has 3 aromatic rings. The van der Waals surface area contributed by atoms with Crippen LogP contribution in [0.1, 0.15) is 16.7 Å². The van der Waals surface area contributed by atoms with Crippen LogP contribution < -0.4 is 5.32 Å². The van der Waals surface area contributed by atoms with Gasteiger partial charge in [0.15, 0.2) is 0 Å². The maximum Gasteiger partial charge on any atom is 0.0422 e. The first-order valence-electron chi connectivity index (χ1n) is 7.61. The van der Waals surface area contributed by atoms with Gasteiger partial charge in [0.25, 0.3) is 0 Å². The number of rotatable bonds is 2. The van der Waals surface area contributed by atoms with E-state index in [9.17, 15) is 0 Å². The molecule has 1 heterocycles. The molecule has 0 spiro atoms. The van der Waals surface area contributed by atoms with Crippen molar-refractivity contribution in [3.05, 3.63) is 102 Å². The number of anilines is 1. The van der Waals surface area contributed by atoms with Crippen LogP contribution in [0.15, 0.2) is 84.9 Å². The summed E-state index contributed by atoms with van der Waals surface area (Å²) in [6.07, 6.45) is 0. The van der Waals surface area contributed by atoms with Crippen molar-refractivity contribution in [3.8, 4) is 0 Å². The van der Waals surface area contributed by atoms with E-state index < -0.39 is 0 Å². The van der Waals surface area contributed by atoms with Gasteiger partial charge in [0.1, 0.15) is 0 Å². The van der Waals surface area contributed by atoms with Crippen LogP contribution in [-0.4, -0.2) is 6.54 Å². The van der Waals surface area contributed by atoms with Crippen molar-refractivity contribution >= 4 is 16.8 Å². The first-order chi connectivity index (χ1) is 10.9. The molecular formula is C21H17N. The second-order valence-corrected chi connectivity index (χ2v) is 5.48. The lowest BCUT2D eigenvalue weighted by Crippen LogP contribution is -2.14. The smallest absolute Gasteiger partial charge is 0.0422 e. The van der Waals surface area contributed by atoms with Crippen molar-refractivity contribution in [2.45, 2.75) is 0 Å². The highest BCUT2D eigenvalue weighted by Crippen LogP contribution is 2.39.